The first-order valence-electron chi connectivity index (χ1n) is 7.07. The predicted octanol–water partition coefficient (Wildman–Crippen LogP) is 3.14. The van der Waals surface area contributed by atoms with E-state index in [1.807, 2.05) is 29.2 Å². The van der Waals surface area contributed by atoms with Gasteiger partial charge in [-0.05, 0) is 12.1 Å². The van der Waals surface area contributed by atoms with E-state index in [0.29, 0.717) is 25.3 Å². The Morgan fingerprint density at radius 1 is 1.39 bits per heavy atom. The third kappa shape index (κ3) is 2.90. The van der Waals surface area contributed by atoms with Gasteiger partial charge in [0.1, 0.15) is 18.1 Å². The van der Waals surface area contributed by atoms with Crippen molar-refractivity contribution in [1.82, 2.24) is 0 Å². The fraction of sp³-hybridized carbons (Fsp3) is 0.250. The van der Waals surface area contributed by atoms with Crippen LogP contribution in [0.15, 0.2) is 36.4 Å². The van der Waals surface area contributed by atoms with E-state index in [1.54, 1.807) is 0 Å². The molecule has 0 spiro atoms. The van der Waals surface area contributed by atoms with Gasteiger partial charge in [-0.25, -0.2) is 0 Å². The van der Waals surface area contributed by atoms with Gasteiger partial charge >= 0.3 is 5.69 Å². The van der Waals surface area contributed by atoms with Crippen LogP contribution in [0.25, 0.3) is 0 Å². The number of anilines is 1. The van der Waals surface area contributed by atoms with Gasteiger partial charge in [-0.2, -0.15) is 4.39 Å². The number of fused-ring (bicyclic) bond motifs is 1. The van der Waals surface area contributed by atoms with Crippen LogP contribution in [0.2, 0.25) is 0 Å². The number of rotatable bonds is 4. The van der Waals surface area contributed by atoms with E-state index >= 15 is 0 Å². The number of benzene rings is 2. The molecule has 0 radical (unpaired) electrons. The fourth-order valence-electron chi connectivity index (χ4n) is 2.64. The molecule has 7 heteroatoms. The SMILES string of the molecule is COc1cc(F)c([N+](=O)[O-])cc1CN1CCOc2ccccc21. The first-order chi connectivity index (χ1) is 11.1. The van der Waals surface area contributed by atoms with E-state index < -0.39 is 16.4 Å². The van der Waals surface area contributed by atoms with Gasteiger partial charge < -0.3 is 14.4 Å². The molecule has 0 unspecified atom stereocenters. The molecule has 0 saturated heterocycles. The minimum absolute atomic E-state index is 0.289. The van der Waals surface area contributed by atoms with E-state index in [4.69, 9.17) is 9.47 Å². The number of halogens is 1. The van der Waals surface area contributed by atoms with Crippen molar-refractivity contribution in [2.45, 2.75) is 6.54 Å². The van der Waals surface area contributed by atoms with Crippen molar-refractivity contribution in [1.29, 1.82) is 0 Å². The molecule has 2 aromatic carbocycles. The summed E-state index contributed by atoms with van der Waals surface area (Å²) in [6.07, 6.45) is 0. The Morgan fingerprint density at radius 3 is 2.91 bits per heavy atom. The zero-order valence-corrected chi connectivity index (χ0v) is 12.5. The van der Waals surface area contributed by atoms with Gasteiger partial charge in [0.05, 0.1) is 24.3 Å². The van der Waals surface area contributed by atoms with Crippen LogP contribution in [0, 0.1) is 15.9 Å². The second-order valence-corrected chi connectivity index (χ2v) is 5.11. The van der Waals surface area contributed by atoms with Crippen LogP contribution in [0.3, 0.4) is 0 Å². The number of para-hydroxylation sites is 2. The number of hydrogen-bond donors (Lipinski definition) is 0. The number of nitro groups is 1. The highest BCUT2D eigenvalue weighted by atomic mass is 19.1. The minimum atomic E-state index is -0.905. The summed E-state index contributed by atoms with van der Waals surface area (Å²) in [5.41, 5.74) is 0.896. The Bertz CT molecular complexity index is 751. The molecule has 0 N–H and O–H groups in total. The van der Waals surface area contributed by atoms with Gasteiger partial charge in [-0.1, -0.05) is 12.1 Å². The van der Waals surface area contributed by atoms with E-state index in [0.717, 1.165) is 17.5 Å². The van der Waals surface area contributed by atoms with Crippen molar-refractivity contribution in [3.05, 3.63) is 57.9 Å². The molecule has 23 heavy (non-hydrogen) atoms. The molecular weight excluding hydrogens is 303 g/mol. The topological polar surface area (TPSA) is 64.8 Å². The van der Waals surface area contributed by atoms with Crippen molar-refractivity contribution < 1.29 is 18.8 Å². The molecular formula is C16H15FN2O4. The standard InChI is InChI=1S/C16H15FN2O4/c1-22-16-9-12(17)14(19(20)21)8-11(16)10-18-6-7-23-15-5-3-2-4-13(15)18/h2-5,8-9H,6-7,10H2,1H3. The van der Waals surface area contributed by atoms with Crippen LogP contribution in [-0.4, -0.2) is 25.2 Å². The molecule has 3 rings (SSSR count). The molecule has 6 nitrogen and oxygen atoms in total. The lowest BCUT2D eigenvalue weighted by molar-refractivity contribution is -0.387. The molecule has 0 aliphatic carbocycles. The Hall–Kier alpha value is -2.83. The number of hydrogen-bond acceptors (Lipinski definition) is 5. The summed E-state index contributed by atoms with van der Waals surface area (Å²) >= 11 is 0. The number of ether oxygens (including phenoxy) is 2. The van der Waals surface area contributed by atoms with Crippen LogP contribution < -0.4 is 14.4 Å². The highest BCUT2D eigenvalue weighted by Gasteiger charge is 2.23. The van der Waals surface area contributed by atoms with Gasteiger partial charge in [0, 0.05) is 24.2 Å². The zero-order chi connectivity index (χ0) is 16.4. The van der Waals surface area contributed by atoms with E-state index in [-0.39, 0.29) is 5.75 Å². The van der Waals surface area contributed by atoms with Crippen LogP contribution in [0.1, 0.15) is 5.56 Å². The van der Waals surface area contributed by atoms with E-state index in [9.17, 15) is 14.5 Å². The molecule has 1 aliphatic heterocycles. The fourth-order valence-corrected chi connectivity index (χ4v) is 2.64. The summed E-state index contributed by atoms with van der Waals surface area (Å²) in [5.74, 6) is 0.143. The highest BCUT2D eigenvalue weighted by Crippen LogP contribution is 2.34. The summed E-state index contributed by atoms with van der Waals surface area (Å²) in [4.78, 5) is 12.3. The maximum Gasteiger partial charge on any atom is 0.305 e. The Kier molecular flexibility index (Phi) is 4.01. The lowest BCUT2D eigenvalue weighted by Gasteiger charge is -2.31. The maximum atomic E-state index is 13.7. The second-order valence-electron chi connectivity index (χ2n) is 5.11. The normalized spacial score (nSPS) is 13.2. The van der Waals surface area contributed by atoms with Crippen LogP contribution in [-0.2, 0) is 6.54 Å². The molecule has 1 heterocycles. The molecule has 0 atom stereocenters. The monoisotopic (exact) mass is 318 g/mol. The summed E-state index contributed by atoms with van der Waals surface area (Å²) < 4.78 is 24.5. The first-order valence-corrected chi connectivity index (χ1v) is 7.07. The average Bonchev–Trinajstić information content (AvgIpc) is 2.56. The van der Waals surface area contributed by atoms with Gasteiger partial charge in [-0.15, -0.1) is 0 Å². The van der Waals surface area contributed by atoms with Crippen molar-refractivity contribution in [2.24, 2.45) is 0 Å². The van der Waals surface area contributed by atoms with Gasteiger partial charge in [0.15, 0.2) is 0 Å². The third-order valence-electron chi connectivity index (χ3n) is 3.73. The maximum absolute atomic E-state index is 13.7. The minimum Gasteiger partial charge on any atom is -0.496 e. The third-order valence-corrected chi connectivity index (χ3v) is 3.73. The van der Waals surface area contributed by atoms with Crippen molar-refractivity contribution in [3.63, 3.8) is 0 Å². The summed E-state index contributed by atoms with van der Waals surface area (Å²) in [7, 11) is 1.41. The van der Waals surface area contributed by atoms with Crippen molar-refractivity contribution in [3.8, 4) is 11.5 Å². The van der Waals surface area contributed by atoms with Crippen LogP contribution in [0.5, 0.6) is 11.5 Å². The molecule has 0 aromatic heterocycles. The number of nitrogens with zero attached hydrogens (tertiary/aromatic N) is 2. The molecule has 2 aromatic rings. The van der Waals surface area contributed by atoms with Gasteiger partial charge in [-0.3, -0.25) is 10.1 Å². The Labute approximate surface area is 132 Å². The van der Waals surface area contributed by atoms with Crippen molar-refractivity contribution in [2.75, 3.05) is 25.2 Å². The average molecular weight is 318 g/mol. The molecule has 1 aliphatic rings. The first kappa shape index (κ1) is 15.1. The quantitative estimate of drug-likeness (QED) is 0.640. The van der Waals surface area contributed by atoms with Gasteiger partial charge in [0.25, 0.3) is 0 Å². The largest absolute Gasteiger partial charge is 0.496 e. The predicted molar refractivity (Wildman–Crippen MR) is 82.6 cm³/mol. The second kappa shape index (κ2) is 6.12. The molecule has 0 bridgehead atoms. The van der Waals surface area contributed by atoms with Crippen molar-refractivity contribution >= 4 is 11.4 Å². The Balaban J connectivity index is 1.97. The molecule has 0 fully saturated rings. The molecule has 0 saturated carbocycles. The summed E-state index contributed by atoms with van der Waals surface area (Å²) in [5, 5.41) is 11.0. The lowest BCUT2D eigenvalue weighted by atomic mass is 10.1. The lowest BCUT2D eigenvalue weighted by Crippen LogP contribution is -2.32. The van der Waals surface area contributed by atoms with E-state index in [1.165, 1.54) is 13.2 Å². The molecule has 0 amide bonds. The van der Waals surface area contributed by atoms with Crippen LogP contribution in [0.4, 0.5) is 15.8 Å². The smallest absolute Gasteiger partial charge is 0.305 e. The Morgan fingerprint density at radius 2 is 2.17 bits per heavy atom. The molecule has 120 valence electrons. The van der Waals surface area contributed by atoms with Crippen LogP contribution >= 0.6 is 0 Å². The number of methoxy groups -OCH3 is 1. The summed E-state index contributed by atoms with van der Waals surface area (Å²) in [6.45, 7) is 1.51. The summed E-state index contributed by atoms with van der Waals surface area (Å²) in [6, 6.07) is 9.84. The van der Waals surface area contributed by atoms with E-state index in [2.05, 4.69) is 0 Å². The van der Waals surface area contributed by atoms with Gasteiger partial charge in [0.2, 0.25) is 5.82 Å². The zero-order valence-electron chi connectivity index (χ0n) is 12.5. The number of nitro benzene ring substituents is 1. The highest BCUT2D eigenvalue weighted by molar-refractivity contribution is 5.60.